The number of anilines is 1. The minimum absolute atomic E-state index is 0.0517. The maximum absolute atomic E-state index is 14.7. The summed E-state index contributed by atoms with van der Waals surface area (Å²) in [5.74, 6) is -1.81. The number of ether oxygens (including phenoxy) is 2. The molecule has 2 amide bonds. The van der Waals surface area contributed by atoms with Crippen molar-refractivity contribution in [1.82, 2.24) is 19.6 Å². The molecule has 1 aliphatic heterocycles. The van der Waals surface area contributed by atoms with E-state index in [4.69, 9.17) is 9.47 Å². The Morgan fingerprint density at radius 1 is 1.09 bits per heavy atom. The first-order chi connectivity index (χ1) is 20.6. The lowest BCUT2D eigenvalue weighted by Crippen LogP contribution is -2.55. The second-order valence-electron chi connectivity index (χ2n) is 12.2. The van der Waals surface area contributed by atoms with Crippen LogP contribution < -0.4 is 10.1 Å². The van der Waals surface area contributed by atoms with Crippen molar-refractivity contribution in [2.24, 2.45) is 7.05 Å². The third kappa shape index (κ3) is 7.93. The summed E-state index contributed by atoms with van der Waals surface area (Å²) < 4.78 is 28.2. The maximum atomic E-state index is 14.7. The number of aromatic carboxylic acids is 1. The highest BCUT2D eigenvalue weighted by molar-refractivity contribution is 6.06. The molecule has 0 aliphatic carbocycles. The summed E-state index contributed by atoms with van der Waals surface area (Å²) in [7, 11) is 1.72. The van der Waals surface area contributed by atoms with Gasteiger partial charge >= 0.3 is 12.1 Å². The first kappa shape index (κ1) is 32.5. The van der Waals surface area contributed by atoms with Gasteiger partial charge in [-0.05, 0) is 76.4 Å². The number of hydrogen-bond acceptors (Lipinski definition) is 7. The Morgan fingerprint density at radius 2 is 1.82 bits per heavy atom. The number of aromatic nitrogens is 2. The van der Waals surface area contributed by atoms with E-state index in [-0.39, 0.29) is 29.0 Å². The average molecular weight is 610 g/mol. The Kier molecular flexibility index (Phi) is 9.62. The molecule has 11 nitrogen and oxygen atoms in total. The Hall–Kier alpha value is -4.45. The number of carboxylic acids is 1. The van der Waals surface area contributed by atoms with E-state index >= 15 is 0 Å². The van der Waals surface area contributed by atoms with E-state index in [1.54, 1.807) is 50.2 Å². The van der Waals surface area contributed by atoms with Crippen LogP contribution in [0.25, 0.3) is 0 Å². The van der Waals surface area contributed by atoms with E-state index < -0.39 is 29.4 Å². The number of piperazine rings is 1. The molecule has 0 saturated carbocycles. The quantitative estimate of drug-likeness (QED) is 0.358. The smallest absolute Gasteiger partial charge is 0.410 e. The molecule has 236 valence electrons. The van der Waals surface area contributed by atoms with Gasteiger partial charge in [-0.3, -0.25) is 14.4 Å². The molecule has 12 heteroatoms. The van der Waals surface area contributed by atoms with Crippen LogP contribution in [-0.2, 0) is 11.8 Å². The fourth-order valence-corrected chi connectivity index (χ4v) is 5.05. The van der Waals surface area contributed by atoms with Crippen molar-refractivity contribution in [3.8, 4) is 5.75 Å². The molecule has 1 fully saturated rings. The number of rotatable bonds is 8. The summed E-state index contributed by atoms with van der Waals surface area (Å²) in [6.07, 6.45) is 0.539. The molecular weight excluding hydrogens is 569 g/mol. The van der Waals surface area contributed by atoms with Crippen LogP contribution in [0.1, 0.15) is 71.2 Å². The van der Waals surface area contributed by atoms with Gasteiger partial charge in [0.1, 0.15) is 28.8 Å². The molecule has 4 rings (SSSR count). The van der Waals surface area contributed by atoms with Crippen molar-refractivity contribution < 1.29 is 33.4 Å². The summed E-state index contributed by atoms with van der Waals surface area (Å²) in [5, 5.41) is 16.9. The van der Waals surface area contributed by atoms with E-state index in [9.17, 15) is 23.9 Å². The van der Waals surface area contributed by atoms with Gasteiger partial charge in [-0.1, -0.05) is 12.1 Å². The molecule has 3 aromatic rings. The van der Waals surface area contributed by atoms with E-state index in [2.05, 4.69) is 15.3 Å². The van der Waals surface area contributed by atoms with Gasteiger partial charge in [0.2, 0.25) is 0 Å². The van der Waals surface area contributed by atoms with Gasteiger partial charge in [0.15, 0.2) is 5.82 Å². The topological polar surface area (TPSA) is 126 Å². The third-order valence-corrected chi connectivity index (χ3v) is 7.36. The molecule has 1 aliphatic rings. The summed E-state index contributed by atoms with van der Waals surface area (Å²) >= 11 is 0. The average Bonchev–Trinajstić information content (AvgIpc) is 3.32. The summed E-state index contributed by atoms with van der Waals surface area (Å²) in [4.78, 5) is 41.9. The number of benzene rings is 2. The predicted octanol–water partition coefficient (Wildman–Crippen LogP) is 5.19. The lowest BCUT2D eigenvalue weighted by molar-refractivity contribution is -0.00301. The molecule has 2 N–H and O–H groups in total. The molecule has 2 heterocycles. The first-order valence-corrected chi connectivity index (χ1v) is 14.4. The Balaban J connectivity index is 1.60. The number of nitrogens with zero attached hydrogens (tertiary/aromatic N) is 4. The highest BCUT2D eigenvalue weighted by Crippen LogP contribution is 2.31. The highest BCUT2D eigenvalue weighted by atomic mass is 19.1. The first-order valence-electron chi connectivity index (χ1n) is 14.4. The van der Waals surface area contributed by atoms with Crippen LogP contribution in [0.15, 0.2) is 42.6 Å². The van der Waals surface area contributed by atoms with Crippen molar-refractivity contribution in [2.75, 3.05) is 31.5 Å². The molecular formula is C32H40FN5O6. The van der Waals surface area contributed by atoms with Crippen molar-refractivity contribution >= 4 is 23.8 Å². The number of hydrogen-bond donors (Lipinski definition) is 2. The minimum atomic E-state index is -1.28. The van der Waals surface area contributed by atoms with Crippen LogP contribution >= 0.6 is 0 Å². The van der Waals surface area contributed by atoms with Gasteiger partial charge < -0.3 is 24.8 Å². The fraction of sp³-hybridized carbons (Fsp3) is 0.438. The highest BCUT2D eigenvalue weighted by Gasteiger charge is 2.33. The van der Waals surface area contributed by atoms with Crippen molar-refractivity contribution in [3.63, 3.8) is 0 Å². The van der Waals surface area contributed by atoms with Gasteiger partial charge in [-0.25, -0.2) is 14.0 Å². The molecule has 2 atom stereocenters. The number of nitrogens with one attached hydrogen (secondary N) is 1. The summed E-state index contributed by atoms with van der Waals surface area (Å²) in [6.45, 7) is 12.5. The zero-order chi connectivity index (χ0) is 32.3. The minimum Gasteiger partial charge on any atom is -0.483 e. The molecule has 1 saturated heterocycles. The number of halogens is 1. The largest absolute Gasteiger partial charge is 0.483 e. The molecule has 0 spiro atoms. The van der Waals surface area contributed by atoms with Gasteiger partial charge in [0.25, 0.3) is 5.91 Å². The van der Waals surface area contributed by atoms with Gasteiger partial charge in [-0.15, -0.1) is 0 Å². The Labute approximate surface area is 256 Å². The van der Waals surface area contributed by atoms with Crippen LogP contribution in [0.3, 0.4) is 0 Å². The zero-order valence-corrected chi connectivity index (χ0v) is 26.2. The predicted molar refractivity (Wildman–Crippen MR) is 163 cm³/mol. The lowest BCUT2D eigenvalue weighted by Gasteiger charge is -2.41. The second kappa shape index (κ2) is 13.0. The Morgan fingerprint density at radius 3 is 2.41 bits per heavy atom. The number of carbonyl (C=O) groups excluding carboxylic acids is 2. The van der Waals surface area contributed by atoms with E-state index in [0.29, 0.717) is 48.7 Å². The van der Waals surface area contributed by atoms with Crippen LogP contribution in [-0.4, -0.2) is 80.5 Å². The Bertz CT molecular complexity index is 1550. The molecule has 0 bridgehead atoms. The SMILES string of the molecule is Cc1ccc([C@@H](CN2CCN(C(=O)OC(C)(C)C)[C@H](C)C2)Oc2cc(C)c(C(=O)Nc3ccn(C)n3)cc2C(=O)O)cc1F. The summed E-state index contributed by atoms with van der Waals surface area (Å²) in [6, 6.07) is 9.05. The van der Waals surface area contributed by atoms with E-state index in [1.807, 2.05) is 27.7 Å². The van der Waals surface area contributed by atoms with Crippen LogP contribution in [0.2, 0.25) is 0 Å². The van der Waals surface area contributed by atoms with Crippen molar-refractivity contribution in [1.29, 1.82) is 0 Å². The van der Waals surface area contributed by atoms with Crippen molar-refractivity contribution in [2.45, 2.75) is 59.3 Å². The molecule has 2 aromatic carbocycles. The standard InChI is InChI=1S/C32H40FN5O6/c1-19-8-9-22(15-25(19)33)27(18-37-12-13-38(21(3)17-37)31(42)44-32(4,5)6)43-26-14-20(2)23(16-24(26)30(40)41)29(39)34-28-10-11-36(7)35-28/h8-11,14-16,21,27H,12-13,17-18H2,1-7H3,(H,40,41)(H,34,35,39)/t21-,27-/m1/s1. The fourth-order valence-electron chi connectivity index (χ4n) is 5.05. The lowest BCUT2D eigenvalue weighted by atomic mass is 10.0. The molecule has 1 aromatic heterocycles. The van der Waals surface area contributed by atoms with E-state index in [0.717, 1.165) is 0 Å². The van der Waals surface area contributed by atoms with Gasteiger partial charge in [0.05, 0.1) is 0 Å². The third-order valence-electron chi connectivity index (χ3n) is 7.36. The van der Waals surface area contributed by atoms with Gasteiger partial charge in [-0.2, -0.15) is 5.10 Å². The zero-order valence-electron chi connectivity index (χ0n) is 26.2. The molecule has 0 radical (unpaired) electrons. The van der Waals surface area contributed by atoms with Gasteiger partial charge in [0, 0.05) is 57.1 Å². The molecule has 0 unspecified atom stereocenters. The van der Waals surface area contributed by atoms with Crippen LogP contribution in [0, 0.1) is 19.7 Å². The summed E-state index contributed by atoms with van der Waals surface area (Å²) in [5.41, 5.74) is 0.829. The molecule has 44 heavy (non-hydrogen) atoms. The monoisotopic (exact) mass is 609 g/mol. The van der Waals surface area contributed by atoms with E-state index in [1.165, 1.54) is 22.9 Å². The maximum Gasteiger partial charge on any atom is 0.410 e. The van der Waals surface area contributed by atoms with Crippen LogP contribution in [0.4, 0.5) is 15.0 Å². The van der Waals surface area contributed by atoms with Crippen molar-refractivity contribution in [3.05, 3.63) is 76.2 Å². The van der Waals surface area contributed by atoms with Crippen LogP contribution in [0.5, 0.6) is 5.75 Å². The number of carboxylic acid groups (broad SMARTS) is 1. The normalized spacial score (nSPS) is 16.4. The number of aryl methyl sites for hydroxylation is 3. The number of amides is 2. The number of carbonyl (C=O) groups is 3. The second-order valence-corrected chi connectivity index (χ2v) is 12.2.